The van der Waals surface area contributed by atoms with E-state index in [0.29, 0.717) is 6.42 Å². The van der Waals surface area contributed by atoms with Crippen molar-refractivity contribution in [1.82, 2.24) is 5.32 Å². The highest BCUT2D eigenvalue weighted by Gasteiger charge is 2.05. The summed E-state index contributed by atoms with van der Waals surface area (Å²) in [5, 5.41) is 11.1. The van der Waals surface area contributed by atoms with E-state index < -0.39 is 0 Å². The largest absolute Gasteiger partial charge is 0.381 e. The van der Waals surface area contributed by atoms with Gasteiger partial charge in [0.2, 0.25) is 0 Å². The Balaban J connectivity index is 3.92. The number of aliphatic hydroxyl groups excluding tert-OH is 1. The fraction of sp³-hybridized carbons (Fsp3) is 0.375. The smallest absolute Gasteiger partial charge is 0.137 e. The average Bonchev–Trinajstić information content (AvgIpc) is 2.04. The summed E-state index contributed by atoms with van der Waals surface area (Å²) in [6.07, 6.45) is 4.52. The molecule has 0 saturated heterocycles. The molecule has 0 unspecified atom stereocenters. The average molecular weight is 187 g/mol. The number of carbonyl (C=O) groups excluding carboxylic acids is 1. The molecule has 0 heterocycles. The molecule has 0 aliphatic rings. The summed E-state index contributed by atoms with van der Waals surface area (Å²) in [4.78, 5) is 11.1. The van der Waals surface area contributed by atoms with Crippen molar-refractivity contribution in [2.75, 3.05) is 6.73 Å². The first-order valence-electron chi connectivity index (χ1n) is 3.54. The molecule has 3 nitrogen and oxygen atoms in total. The summed E-state index contributed by atoms with van der Waals surface area (Å²) in [6, 6.07) is -0.376. The van der Waals surface area contributed by atoms with Crippen molar-refractivity contribution in [1.29, 1.82) is 0 Å². The first kappa shape index (κ1) is 11.4. The second kappa shape index (κ2) is 7.09. The first-order valence-corrected chi connectivity index (χ1v) is 3.99. The number of aldehydes is 1. The lowest BCUT2D eigenvalue weighted by atomic mass is 10.2. The van der Waals surface area contributed by atoms with E-state index in [9.17, 15) is 4.79 Å². The maximum Gasteiger partial charge on any atom is 0.137 e. The first-order chi connectivity index (χ1) is 5.74. The van der Waals surface area contributed by atoms with Gasteiger partial charge in [0.25, 0.3) is 0 Å². The minimum atomic E-state index is -0.376. The highest BCUT2D eigenvalue weighted by molar-refractivity contribution is 7.84. The van der Waals surface area contributed by atoms with Gasteiger partial charge in [-0.1, -0.05) is 18.7 Å². The molecule has 68 valence electrons. The topological polar surface area (TPSA) is 49.3 Å². The van der Waals surface area contributed by atoms with E-state index in [2.05, 4.69) is 24.5 Å². The third kappa shape index (κ3) is 5.12. The molecule has 0 amide bonds. The molecule has 0 rings (SSSR count). The van der Waals surface area contributed by atoms with Crippen LogP contribution in [-0.4, -0.2) is 24.2 Å². The van der Waals surface area contributed by atoms with Gasteiger partial charge >= 0.3 is 0 Å². The minimum Gasteiger partial charge on any atom is -0.381 e. The molecule has 0 radical (unpaired) electrons. The van der Waals surface area contributed by atoms with Crippen LogP contribution in [0.4, 0.5) is 0 Å². The molecular weight excluding hydrogens is 174 g/mol. The Kier molecular flexibility index (Phi) is 6.75. The normalized spacial score (nSPS) is 14.0. The molecule has 0 aromatic carbocycles. The van der Waals surface area contributed by atoms with Crippen LogP contribution in [0.5, 0.6) is 0 Å². The molecule has 0 saturated carbocycles. The van der Waals surface area contributed by atoms with Crippen molar-refractivity contribution >= 4 is 18.9 Å². The van der Waals surface area contributed by atoms with Crippen molar-refractivity contribution in [2.45, 2.75) is 12.5 Å². The zero-order valence-corrected chi connectivity index (χ0v) is 7.63. The zero-order chi connectivity index (χ0) is 9.40. The maximum absolute atomic E-state index is 10.4. The minimum absolute atomic E-state index is 0.210. The lowest BCUT2D eigenvalue weighted by Crippen LogP contribution is -2.31. The Morgan fingerprint density at radius 2 is 2.42 bits per heavy atom. The molecule has 0 fully saturated rings. The summed E-state index contributed by atoms with van der Waals surface area (Å²) < 4.78 is 0. The van der Waals surface area contributed by atoms with Gasteiger partial charge in [0, 0.05) is 6.42 Å². The van der Waals surface area contributed by atoms with Crippen LogP contribution in [0.2, 0.25) is 0 Å². The van der Waals surface area contributed by atoms with Crippen molar-refractivity contribution in [3.05, 3.63) is 23.6 Å². The number of thiol groups is 1. The zero-order valence-electron chi connectivity index (χ0n) is 6.73. The van der Waals surface area contributed by atoms with Crippen molar-refractivity contribution < 1.29 is 9.90 Å². The molecule has 0 spiro atoms. The monoisotopic (exact) mass is 187 g/mol. The quantitative estimate of drug-likeness (QED) is 0.245. The maximum atomic E-state index is 10.4. The van der Waals surface area contributed by atoms with Crippen molar-refractivity contribution in [3.63, 3.8) is 0 Å². The van der Waals surface area contributed by atoms with Crippen molar-refractivity contribution in [3.8, 4) is 0 Å². The Labute approximate surface area is 77.6 Å². The Morgan fingerprint density at radius 1 is 1.75 bits per heavy atom. The number of hydrogen-bond donors (Lipinski definition) is 3. The van der Waals surface area contributed by atoms with Crippen LogP contribution in [0, 0.1) is 0 Å². The highest BCUT2D eigenvalue weighted by Crippen LogP contribution is 2.08. The number of hydrogen-bond acceptors (Lipinski definition) is 4. The predicted octanol–water partition coefficient (Wildman–Crippen LogP) is 0.483. The van der Waals surface area contributed by atoms with Crippen LogP contribution in [0.3, 0.4) is 0 Å². The molecule has 1 atom stereocenters. The molecule has 0 aliphatic heterocycles. The van der Waals surface area contributed by atoms with E-state index >= 15 is 0 Å². The second-order valence-corrected chi connectivity index (χ2v) is 2.78. The molecule has 4 heteroatoms. The van der Waals surface area contributed by atoms with E-state index in [0.717, 1.165) is 11.2 Å². The highest BCUT2D eigenvalue weighted by atomic mass is 32.1. The number of nitrogens with one attached hydrogen (secondary N) is 1. The predicted molar refractivity (Wildman–Crippen MR) is 52.0 cm³/mol. The van der Waals surface area contributed by atoms with Gasteiger partial charge in [0.05, 0.1) is 12.8 Å². The summed E-state index contributed by atoms with van der Waals surface area (Å²) in [5.74, 6) is 0. The van der Waals surface area contributed by atoms with Crippen LogP contribution in [0.15, 0.2) is 23.6 Å². The van der Waals surface area contributed by atoms with Crippen LogP contribution in [-0.2, 0) is 4.79 Å². The number of carbonyl (C=O) groups is 1. The molecule has 0 aromatic rings. The number of rotatable bonds is 6. The van der Waals surface area contributed by atoms with Gasteiger partial charge < -0.3 is 9.90 Å². The van der Waals surface area contributed by atoms with Crippen molar-refractivity contribution in [2.24, 2.45) is 0 Å². The van der Waals surface area contributed by atoms with E-state index in [1.54, 1.807) is 12.2 Å². The number of aliphatic hydroxyl groups is 1. The molecule has 0 bridgehead atoms. The second-order valence-electron chi connectivity index (χ2n) is 2.20. The van der Waals surface area contributed by atoms with Gasteiger partial charge in [-0.05, 0) is 4.91 Å². The summed E-state index contributed by atoms with van der Waals surface area (Å²) >= 11 is 4.11. The van der Waals surface area contributed by atoms with E-state index in [1.165, 1.54) is 0 Å². The standard InChI is InChI=1S/C8H13NO2S/c1-2-3-8(12)4-7(5-10)9-6-11/h2-3,5,7,9,11-12H,1,4,6H2/b8-3-/t7-/m0/s1. The van der Waals surface area contributed by atoms with E-state index in [1.807, 2.05) is 0 Å². The molecule has 12 heavy (non-hydrogen) atoms. The molecule has 2 N–H and O–H groups in total. The van der Waals surface area contributed by atoms with Gasteiger partial charge in [-0.15, -0.1) is 12.6 Å². The Hall–Kier alpha value is -0.580. The van der Waals surface area contributed by atoms with Gasteiger partial charge in [-0.3, -0.25) is 5.32 Å². The summed E-state index contributed by atoms with van der Waals surface area (Å²) in [7, 11) is 0. The van der Waals surface area contributed by atoms with E-state index in [4.69, 9.17) is 5.11 Å². The van der Waals surface area contributed by atoms with Gasteiger partial charge in [0.1, 0.15) is 6.29 Å². The van der Waals surface area contributed by atoms with Gasteiger partial charge in [-0.2, -0.15) is 0 Å². The van der Waals surface area contributed by atoms with E-state index in [-0.39, 0.29) is 12.8 Å². The molecule has 0 aliphatic carbocycles. The van der Waals surface area contributed by atoms with Crippen LogP contribution in [0.25, 0.3) is 0 Å². The van der Waals surface area contributed by atoms with Gasteiger partial charge in [-0.25, -0.2) is 0 Å². The fourth-order valence-corrected chi connectivity index (χ4v) is 1.02. The fourth-order valence-electron chi connectivity index (χ4n) is 0.715. The third-order valence-electron chi connectivity index (χ3n) is 1.26. The Bertz CT molecular complexity index is 180. The summed E-state index contributed by atoms with van der Waals surface area (Å²) in [6.45, 7) is 3.29. The van der Waals surface area contributed by atoms with Gasteiger partial charge in [0.15, 0.2) is 0 Å². The third-order valence-corrected chi connectivity index (χ3v) is 1.59. The lowest BCUT2D eigenvalue weighted by molar-refractivity contribution is -0.109. The lowest BCUT2D eigenvalue weighted by Gasteiger charge is -2.09. The van der Waals surface area contributed by atoms with Crippen LogP contribution < -0.4 is 5.32 Å². The SMILES string of the molecule is C=C/C=C(\S)C[C@@H](C=O)NCO. The van der Waals surface area contributed by atoms with Crippen LogP contribution in [0.1, 0.15) is 6.42 Å². The Morgan fingerprint density at radius 3 is 2.83 bits per heavy atom. The van der Waals surface area contributed by atoms with Crippen LogP contribution >= 0.6 is 12.6 Å². The molecular formula is C8H13NO2S. The summed E-state index contributed by atoms with van der Waals surface area (Å²) in [5.41, 5.74) is 0. The molecule has 0 aromatic heterocycles. The number of allylic oxidation sites excluding steroid dienone is 2.